The van der Waals surface area contributed by atoms with Crippen molar-refractivity contribution in [1.29, 1.82) is 0 Å². The van der Waals surface area contributed by atoms with Crippen LogP contribution in [0.3, 0.4) is 0 Å². The number of rotatable bonds is 4. The zero-order chi connectivity index (χ0) is 14.4. The molecule has 3 amide bonds. The van der Waals surface area contributed by atoms with Gasteiger partial charge in [0.15, 0.2) is 0 Å². The Labute approximate surface area is 121 Å². The molecule has 5 nitrogen and oxygen atoms in total. The van der Waals surface area contributed by atoms with Crippen molar-refractivity contribution in [2.75, 3.05) is 12.4 Å². The molecule has 0 aliphatic rings. The van der Waals surface area contributed by atoms with E-state index in [-0.39, 0.29) is 11.9 Å². The molecule has 0 radical (unpaired) electrons. The second-order valence-electron chi connectivity index (χ2n) is 4.04. The molecule has 0 saturated heterocycles. The van der Waals surface area contributed by atoms with Crippen molar-refractivity contribution in [2.24, 2.45) is 0 Å². The summed E-state index contributed by atoms with van der Waals surface area (Å²) in [6.07, 6.45) is 0. The number of carbonyl (C=O) groups is 2. The van der Waals surface area contributed by atoms with Crippen LogP contribution in [-0.4, -0.2) is 19.0 Å². The number of hydrogen-bond donors (Lipinski definition) is 3. The highest BCUT2D eigenvalue weighted by Crippen LogP contribution is 2.10. The molecule has 0 bridgehead atoms. The Morgan fingerprint density at radius 1 is 1.15 bits per heavy atom. The monoisotopic (exact) mass is 289 g/mol. The Hall–Kier alpha value is -2.34. The molecule has 0 unspecified atom stereocenters. The van der Waals surface area contributed by atoms with Crippen molar-refractivity contribution in [2.45, 2.75) is 6.54 Å². The average molecular weight is 289 g/mol. The highest BCUT2D eigenvalue weighted by Gasteiger charge is 2.05. The van der Waals surface area contributed by atoms with Gasteiger partial charge in [-0.1, -0.05) is 6.07 Å². The van der Waals surface area contributed by atoms with Gasteiger partial charge in [0.1, 0.15) is 0 Å². The SMILES string of the molecule is CNC(=O)c1ccc(NC(=O)NCc2cccs2)cc1. The van der Waals surface area contributed by atoms with Crippen LogP contribution in [0.4, 0.5) is 10.5 Å². The van der Waals surface area contributed by atoms with E-state index in [9.17, 15) is 9.59 Å². The Bertz CT molecular complexity index is 579. The van der Waals surface area contributed by atoms with Crippen LogP contribution < -0.4 is 16.0 Å². The lowest BCUT2D eigenvalue weighted by Gasteiger charge is -2.07. The second-order valence-corrected chi connectivity index (χ2v) is 5.08. The molecule has 2 rings (SSSR count). The van der Waals surface area contributed by atoms with E-state index in [4.69, 9.17) is 0 Å². The average Bonchev–Trinajstić information content (AvgIpc) is 2.98. The lowest BCUT2D eigenvalue weighted by atomic mass is 10.2. The third-order valence-corrected chi connectivity index (χ3v) is 3.51. The Morgan fingerprint density at radius 2 is 1.90 bits per heavy atom. The van der Waals surface area contributed by atoms with Gasteiger partial charge in [0.2, 0.25) is 0 Å². The molecular weight excluding hydrogens is 274 g/mol. The fourth-order valence-corrected chi connectivity index (χ4v) is 2.25. The Balaban J connectivity index is 1.86. The van der Waals surface area contributed by atoms with E-state index in [1.165, 1.54) is 0 Å². The molecule has 0 atom stereocenters. The molecule has 1 aromatic heterocycles. The quantitative estimate of drug-likeness (QED) is 0.809. The molecule has 0 fully saturated rings. The van der Waals surface area contributed by atoms with Crippen LogP contribution in [0.5, 0.6) is 0 Å². The number of carbonyl (C=O) groups excluding carboxylic acids is 2. The number of nitrogens with one attached hydrogen (secondary N) is 3. The zero-order valence-electron chi connectivity index (χ0n) is 11.0. The first-order valence-electron chi connectivity index (χ1n) is 6.08. The molecule has 6 heteroatoms. The lowest BCUT2D eigenvalue weighted by molar-refractivity contribution is 0.0963. The summed E-state index contributed by atoms with van der Waals surface area (Å²) in [4.78, 5) is 24.1. The summed E-state index contributed by atoms with van der Waals surface area (Å²) < 4.78 is 0. The van der Waals surface area contributed by atoms with Crippen LogP contribution >= 0.6 is 11.3 Å². The number of urea groups is 1. The van der Waals surface area contributed by atoms with Crippen molar-refractivity contribution < 1.29 is 9.59 Å². The summed E-state index contributed by atoms with van der Waals surface area (Å²) >= 11 is 1.59. The first-order valence-corrected chi connectivity index (χ1v) is 6.96. The molecule has 1 aromatic carbocycles. The normalized spacial score (nSPS) is 9.85. The van der Waals surface area contributed by atoms with Gasteiger partial charge < -0.3 is 16.0 Å². The van der Waals surface area contributed by atoms with E-state index in [1.54, 1.807) is 42.6 Å². The van der Waals surface area contributed by atoms with Gasteiger partial charge >= 0.3 is 6.03 Å². The third-order valence-electron chi connectivity index (χ3n) is 2.64. The summed E-state index contributed by atoms with van der Waals surface area (Å²) in [6, 6.07) is 10.3. The number of benzene rings is 1. The van der Waals surface area contributed by atoms with Crippen LogP contribution in [0.15, 0.2) is 41.8 Å². The van der Waals surface area contributed by atoms with E-state index in [0.29, 0.717) is 17.8 Å². The summed E-state index contributed by atoms with van der Waals surface area (Å²) in [7, 11) is 1.58. The Kier molecular flexibility index (Phi) is 4.73. The second kappa shape index (κ2) is 6.72. The topological polar surface area (TPSA) is 70.2 Å². The molecular formula is C14H15N3O2S. The minimum Gasteiger partial charge on any atom is -0.355 e. The van der Waals surface area contributed by atoms with Crippen LogP contribution in [0.25, 0.3) is 0 Å². The van der Waals surface area contributed by atoms with E-state index in [2.05, 4.69) is 16.0 Å². The van der Waals surface area contributed by atoms with Crippen molar-refractivity contribution >= 4 is 29.0 Å². The van der Waals surface area contributed by atoms with E-state index >= 15 is 0 Å². The van der Waals surface area contributed by atoms with Gasteiger partial charge in [0, 0.05) is 23.2 Å². The van der Waals surface area contributed by atoms with Gasteiger partial charge in [-0.2, -0.15) is 0 Å². The van der Waals surface area contributed by atoms with Crippen LogP contribution in [0, 0.1) is 0 Å². The first kappa shape index (κ1) is 14.1. The number of hydrogen-bond acceptors (Lipinski definition) is 3. The standard InChI is InChI=1S/C14H15N3O2S/c1-15-13(18)10-4-6-11(7-5-10)17-14(19)16-9-12-3-2-8-20-12/h2-8H,9H2,1H3,(H,15,18)(H2,16,17,19). The van der Waals surface area contributed by atoms with Gasteiger partial charge in [-0.25, -0.2) is 4.79 Å². The molecule has 0 saturated carbocycles. The fraction of sp³-hybridized carbons (Fsp3) is 0.143. The predicted molar refractivity (Wildman–Crippen MR) is 80.0 cm³/mol. The summed E-state index contributed by atoms with van der Waals surface area (Å²) in [5.41, 5.74) is 1.19. The van der Waals surface area contributed by atoms with Crippen LogP contribution in [0.1, 0.15) is 15.2 Å². The van der Waals surface area contributed by atoms with Gasteiger partial charge in [0.05, 0.1) is 6.54 Å². The maximum absolute atomic E-state index is 11.7. The minimum atomic E-state index is -0.272. The van der Waals surface area contributed by atoms with Gasteiger partial charge in [0.25, 0.3) is 5.91 Å². The molecule has 0 aliphatic carbocycles. The first-order chi connectivity index (χ1) is 9.69. The maximum Gasteiger partial charge on any atom is 0.319 e. The Morgan fingerprint density at radius 3 is 2.50 bits per heavy atom. The van der Waals surface area contributed by atoms with Crippen LogP contribution in [-0.2, 0) is 6.54 Å². The van der Waals surface area contributed by atoms with E-state index in [0.717, 1.165) is 4.88 Å². The van der Waals surface area contributed by atoms with Gasteiger partial charge in [-0.3, -0.25) is 4.79 Å². The van der Waals surface area contributed by atoms with Crippen molar-refractivity contribution in [3.63, 3.8) is 0 Å². The van der Waals surface area contributed by atoms with Crippen molar-refractivity contribution in [3.8, 4) is 0 Å². The zero-order valence-corrected chi connectivity index (χ0v) is 11.8. The largest absolute Gasteiger partial charge is 0.355 e. The summed E-state index contributed by atoms with van der Waals surface area (Å²) in [5, 5.41) is 9.98. The molecule has 0 aliphatic heterocycles. The minimum absolute atomic E-state index is 0.154. The summed E-state index contributed by atoms with van der Waals surface area (Å²) in [6.45, 7) is 0.500. The highest BCUT2D eigenvalue weighted by molar-refractivity contribution is 7.09. The number of thiophene rings is 1. The fourth-order valence-electron chi connectivity index (χ4n) is 1.61. The van der Waals surface area contributed by atoms with Crippen molar-refractivity contribution in [3.05, 3.63) is 52.2 Å². The van der Waals surface area contributed by atoms with E-state index < -0.39 is 0 Å². The lowest BCUT2D eigenvalue weighted by Crippen LogP contribution is -2.27. The molecule has 104 valence electrons. The molecule has 0 spiro atoms. The summed E-state index contributed by atoms with van der Waals surface area (Å²) in [5.74, 6) is -0.154. The number of anilines is 1. The molecule has 20 heavy (non-hydrogen) atoms. The predicted octanol–water partition coefficient (Wildman–Crippen LogP) is 2.43. The van der Waals surface area contributed by atoms with Crippen molar-refractivity contribution in [1.82, 2.24) is 10.6 Å². The third kappa shape index (κ3) is 3.83. The maximum atomic E-state index is 11.7. The molecule has 1 heterocycles. The van der Waals surface area contributed by atoms with E-state index in [1.807, 2.05) is 17.5 Å². The molecule has 2 aromatic rings. The van der Waals surface area contributed by atoms with Crippen LogP contribution in [0.2, 0.25) is 0 Å². The smallest absolute Gasteiger partial charge is 0.319 e. The number of amides is 3. The molecule has 3 N–H and O–H groups in total. The van der Waals surface area contributed by atoms with Gasteiger partial charge in [-0.05, 0) is 35.7 Å². The van der Waals surface area contributed by atoms with Gasteiger partial charge in [-0.15, -0.1) is 11.3 Å². The highest BCUT2D eigenvalue weighted by atomic mass is 32.1.